The van der Waals surface area contributed by atoms with E-state index in [1.807, 2.05) is 6.07 Å². The molecule has 7 nitrogen and oxygen atoms in total. The molecule has 0 aliphatic carbocycles. The van der Waals surface area contributed by atoms with Gasteiger partial charge >= 0.3 is 0 Å². The maximum absolute atomic E-state index is 9.86. The Morgan fingerprint density at radius 1 is 1.14 bits per heavy atom. The summed E-state index contributed by atoms with van der Waals surface area (Å²) < 4.78 is 10.6. The van der Waals surface area contributed by atoms with Gasteiger partial charge in [-0.2, -0.15) is 5.26 Å². The lowest BCUT2D eigenvalue weighted by Gasteiger charge is -2.40. The Hall–Kier alpha value is -1.53. The lowest BCUT2D eigenvalue weighted by Crippen LogP contribution is -2.59. The van der Waals surface area contributed by atoms with Crippen molar-refractivity contribution in [2.24, 2.45) is 0 Å². The van der Waals surface area contributed by atoms with Crippen molar-refractivity contribution < 1.29 is 29.9 Å². The number of aliphatic hydroxyl groups excluding tert-OH is 4. The van der Waals surface area contributed by atoms with Crippen LogP contribution in [-0.2, 0) is 9.47 Å². The molecule has 21 heavy (non-hydrogen) atoms. The van der Waals surface area contributed by atoms with Gasteiger partial charge in [0.15, 0.2) is 12.4 Å². The van der Waals surface area contributed by atoms with E-state index in [2.05, 4.69) is 0 Å². The molecular weight excluding hydrogens is 278 g/mol. The molecule has 114 valence electrons. The first-order chi connectivity index (χ1) is 10.1. The summed E-state index contributed by atoms with van der Waals surface area (Å²) in [6.07, 6.45) is -7.91. The zero-order chi connectivity index (χ0) is 15.4. The molecular formula is C14H17NO6. The van der Waals surface area contributed by atoms with Crippen LogP contribution < -0.4 is 0 Å². The number of nitrogens with zero attached hydrogens (tertiary/aromatic N) is 1. The van der Waals surface area contributed by atoms with Crippen molar-refractivity contribution in [2.75, 3.05) is 6.61 Å². The zero-order valence-corrected chi connectivity index (χ0v) is 11.1. The lowest BCUT2D eigenvalue weighted by atomic mass is 9.99. The monoisotopic (exact) mass is 295 g/mol. The minimum absolute atomic E-state index is 0.548. The second kappa shape index (κ2) is 6.95. The Kier molecular flexibility index (Phi) is 5.25. The van der Waals surface area contributed by atoms with Gasteiger partial charge < -0.3 is 29.9 Å². The summed E-state index contributed by atoms with van der Waals surface area (Å²) in [6.45, 7) is -0.548. The van der Waals surface area contributed by atoms with Gasteiger partial charge in [-0.3, -0.25) is 0 Å². The third kappa shape index (κ3) is 3.39. The molecule has 0 spiro atoms. The summed E-state index contributed by atoms with van der Waals surface area (Å²) >= 11 is 0. The molecule has 1 aliphatic heterocycles. The normalized spacial score (nSPS) is 34.1. The summed E-state index contributed by atoms with van der Waals surface area (Å²) in [5, 5.41) is 47.5. The highest BCUT2D eigenvalue weighted by Gasteiger charge is 2.44. The van der Waals surface area contributed by atoms with Crippen molar-refractivity contribution in [1.29, 1.82) is 5.26 Å². The molecule has 1 saturated heterocycles. The van der Waals surface area contributed by atoms with Gasteiger partial charge in [0, 0.05) is 0 Å². The number of hydrogen-bond donors (Lipinski definition) is 4. The Morgan fingerprint density at radius 3 is 2.38 bits per heavy atom. The fraction of sp³-hybridized carbons (Fsp3) is 0.500. The minimum atomic E-state index is -1.53. The van der Waals surface area contributed by atoms with Crippen molar-refractivity contribution in [3.05, 3.63) is 35.9 Å². The van der Waals surface area contributed by atoms with Crippen molar-refractivity contribution in [1.82, 2.24) is 0 Å². The predicted molar refractivity (Wildman–Crippen MR) is 69.6 cm³/mol. The SMILES string of the molecule is N#C[C@@H](O[C@@H]1O[C@H](CO)[C@H](O)[C@H](O)[C@H]1O)c1ccccc1. The van der Waals surface area contributed by atoms with Gasteiger partial charge in [0.25, 0.3) is 0 Å². The lowest BCUT2D eigenvalue weighted by molar-refractivity contribution is -0.307. The van der Waals surface area contributed by atoms with Crippen molar-refractivity contribution >= 4 is 0 Å². The Morgan fingerprint density at radius 2 is 1.81 bits per heavy atom. The smallest absolute Gasteiger partial charge is 0.188 e. The van der Waals surface area contributed by atoms with Gasteiger partial charge in [0.1, 0.15) is 24.4 Å². The van der Waals surface area contributed by atoms with Gasteiger partial charge in [0.05, 0.1) is 12.7 Å². The zero-order valence-electron chi connectivity index (χ0n) is 11.1. The Labute approximate surface area is 121 Å². The second-order valence-corrected chi connectivity index (χ2v) is 4.75. The first-order valence-corrected chi connectivity index (χ1v) is 6.49. The number of ether oxygens (including phenoxy) is 2. The number of aliphatic hydroxyl groups is 4. The van der Waals surface area contributed by atoms with Crippen LogP contribution in [0.4, 0.5) is 0 Å². The topological polar surface area (TPSA) is 123 Å². The molecule has 2 rings (SSSR count). The van der Waals surface area contributed by atoms with E-state index < -0.39 is 43.4 Å². The molecule has 1 aromatic carbocycles. The molecule has 0 aromatic heterocycles. The molecule has 0 amide bonds. The van der Waals surface area contributed by atoms with Gasteiger partial charge in [-0.15, -0.1) is 0 Å². The third-order valence-electron chi connectivity index (χ3n) is 3.34. The van der Waals surface area contributed by atoms with Gasteiger partial charge in [-0.05, 0) is 5.56 Å². The third-order valence-corrected chi connectivity index (χ3v) is 3.34. The van der Waals surface area contributed by atoms with Crippen LogP contribution >= 0.6 is 0 Å². The van der Waals surface area contributed by atoms with Crippen LogP contribution in [0.5, 0.6) is 0 Å². The van der Waals surface area contributed by atoms with Crippen LogP contribution in [0.3, 0.4) is 0 Å². The molecule has 1 fully saturated rings. The van der Waals surface area contributed by atoms with Crippen molar-refractivity contribution in [3.8, 4) is 6.07 Å². The maximum atomic E-state index is 9.86. The quantitative estimate of drug-likeness (QED) is 0.565. The molecule has 1 aromatic rings. The van der Waals surface area contributed by atoms with Crippen LogP contribution in [0, 0.1) is 11.3 Å². The highest BCUT2D eigenvalue weighted by Crippen LogP contribution is 2.27. The summed E-state index contributed by atoms with van der Waals surface area (Å²) in [5.74, 6) is 0. The fourth-order valence-electron chi connectivity index (χ4n) is 2.13. The Balaban J connectivity index is 2.12. The summed E-state index contributed by atoms with van der Waals surface area (Å²) in [6, 6.07) is 10.5. The van der Waals surface area contributed by atoms with Crippen LogP contribution in [0.25, 0.3) is 0 Å². The number of nitriles is 1. The minimum Gasteiger partial charge on any atom is -0.394 e. The molecule has 0 bridgehead atoms. The van der Waals surface area contributed by atoms with Crippen molar-refractivity contribution in [2.45, 2.75) is 36.8 Å². The first-order valence-electron chi connectivity index (χ1n) is 6.49. The molecule has 1 aliphatic rings. The number of rotatable bonds is 4. The fourth-order valence-corrected chi connectivity index (χ4v) is 2.13. The van der Waals surface area contributed by atoms with Crippen LogP contribution in [0.2, 0.25) is 0 Å². The average Bonchev–Trinajstić information content (AvgIpc) is 2.53. The average molecular weight is 295 g/mol. The highest BCUT2D eigenvalue weighted by atomic mass is 16.7. The van der Waals surface area contributed by atoms with Gasteiger partial charge in [-0.25, -0.2) is 0 Å². The molecule has 4 N–H and O–H groups in total. The van der Waals surface area contributed by atoms with E-state index in [1.54, 1.807) is 30.3 Å². The predicted octanol–water partition coefficient (Wildman–Crippen LogP) is -0.932. The Bertz CT molecular complexity index is 488. The molecule has 1 heterocycles. The van der Waals surface area contributed by atoms with E-state index >= 15 is 0 Å². The largest absolute Gasteiger partial charge is 0.394 e. The molecule has 0 saturated carbocycles. The standard InChI is InChI=1S/C14H17NO6/c15-6-9(8-4-2-1-3-5-8)20-14-13(19)12(18)11(17)10(7-16)21-14/h1-5,9-14,16-19H,7H2/t9-,10-,11+,12+,13-,14-/m1/s1. The second-order valence-electron chi connectivity index (χ2n) is 4.75. The number of benzene rings is 1. The maximum Gasteiger partial charge on any atom is 0.188 e. The van der Waals surface area contributed by atoms with Crippen LogP contribution in [0.1, 0.15) is 11.7 Å². The van der Waals surface area contributed by atoms with Crippen LogP contribution in [0.15, 0.2) is 30.3 Å². The van der Waals surface area contributed by atoms with E-state index in [9.17, 15) is 15.3 Å². The summed E-state index contributed by atoms with van der Waals surface area (Å²) in [4.78, 5) is 0. The van der Waals surface area contributed by atoms with E-state index in [0.717, 1.165) is 0 Å². The van der Waals surface area contributed by atoms with Gasteiger partial charge in [-0.1, -0.05) is 30.3 Å². The summed E-state index contributed by atoms with van der Waals surface area (Å²) in [7, 11) is 0. The van der Waals surface area contributed by atoms with E-state index in [0.29, 0.717) is 5.56 Å². The molecule has 7 heteroatoms. The summed E-state index contributed by atoms with van der Waals surface area (Å²) in [5.41, 5.74) is 0.567. The van der Waals surface area contributed by atoms with E-state index in [1.165, 1.54) is 0 Å². The van der Waals surface area contributed by atoms with E-state index in [-0.39, 0.29) is 0 Å². The van der Waals surface area contributed by atoms with Gasteiger partial charge in [0.2, 0.25) is 0 Å². The molecule has 6 atom stereocenters. The highest BCUT2D eigenvalue weighted by molar-refractivity contribution is 5.22. The van der Waals surface area contributed by atoms with Crippen LogP contribution in [-0.4, -0.2) is 57.7 Å². The first kappa shape index (κ1) is 15.9. The van der Waals surface area contributed by atoms with Crippen molar-refractivity contribution in [3.63, 3.8) is 0 Å². The molecule has 0 radical (unpaired) electrons. The molecule has 0 unspecified atom stereocenters. The number of hydrogen-bond acceptors (Lipinski definition) is 7. The van der Waals surface area contributed by atoms with E-state index in [4.69, 9.17) is 19.8 Å².